The van der Waals surface area contributed by atoms with Gasteiger partial charge >= 0.3 is 0 Å². The quantitative estimate of drug-likeness (QED) is 0.574. The van der Waals surface area contributed by atoms with Crippen LogP contribution in [0, 0.1) is 0 Å². The SMILES string of the molecule is CCCCc1cc(C=O)c(O)c(CCCC)c1N. The van der Waals surface area contributed by atoms with Gasteiger partial charge in [0.15, 0.2) is 6.29 Å². The average molecular weight is 249 g/mol. The molecule has 0 spiro atoms. The number of aromatic hydroxyl groups is 1. The van der Waals surface area contributed by atoms with Crippen molar-refractivity contribution in [3.05, 3.63) is 22.8 Å². The Morgan fingerprint density at radius 2 is 1.83 bits per heavy atom. The molecule has 0 aromatic heterocycles. The smallest absolute Gasteiger partial charge is 0.153 e. The molecule has 0 heterocycles. The van der Waals surface area contributed by atoms with Crippen LogP contribution in [0.4, 0.5) is 5.69 Å². The second-order valence-electron chi connectivity index (χ2n) is 4.69. The Hall–Kier alpha value is -1.51. The summed E-state index contributed by atoms with van der Waals surface area (Å²) in [7, 11) is 0. The maximum Gasteiger partial charge on any atom is 0.153 e. The number of rotatable bonds is 7. The Labute approximate surface area is 109 Å². The first-order chi connectivity index (χ1) is 8.65. The molecule has 0 bridgehead atoms. The summed E-state index contributed by atoms with van der Waals surface area (Å²) in [6.45, 7) is 4.21. The lowest BCUT2D eigenvalue weighted by Gasteiger charge is -2.14. The molecule has 0 radical (unpaired) electrons. The van der Waals surface area contributed by atoms with Crippen LogP contribution >= 0.6 is 0 Å². The Kier molecular flexibility index (Phi) is 5.69. The van der Waals surface area contributed by atoms with Gasteiger partial charge in [-0.2, -0.15) is 0 Å². The molecule has 0 aliphatic rings. The van der Waals surface area contributed by atoms with Gasteiger partial charge in [-0.15, -0.1) is 0 Å². The van der Waals surface area contributed by atoms with Gasteiger partial charge in [-0.3, -0.25) is 4.79 Å². The van der Waals surface area contributed by atoms with E-state index in [0.29, 0.717) is 17.5 Å². The zero-order chi connectivity index (χ0) is 13.5. The molecule has 3 nitrogen and oxygen atoms in total. The minimum absolute atomic E-state index is 0.0659. The molecule has 1 aromatic carbocycles. The number of aldehydes is 1. The molecule has 3 heteroatoms. The molecule has 0 aliphatic carbocycles. The van der Waals surface area contributed by atoms with Crippen LogP contribution in [-0.2, 0) is 12.8 Å². The zero-order valence-corrected chi connectivity index (χ0v) is 11.3. The number of phenolic OH excluding ortho intramolecular Hbond substituents is 1. The topological polar surface area (TPSA) is 63.3 Å². The standard InChI is InChI=1S/C15H23NO2/c1-3-5-7-11-9-12(10-17)15(18)13(14(11)16)8-6-4-2/h9-10,18H,3-8,16H2,1-2H3. The third-order valence-corrected chi connectivity index (χ3v) is 3.27. The second kappa shape index (κ2) is 7.04. The zero-order valence-electron chi connectivity index (χ0n) is 11.3. The van der Waals surface area contributed by atoms with Crippen molar-refractivity contribution in [1.82, 2.24) is 0 Å². The van der Waals surface area contributed by atoms with Crippen molar-refractivity contribution in [2.45, 2.75) is 52.4 Å². The molecule has 100 valence electrons. The van der Waals surface area contributed by atoms with Crippen LogP contribution in [0.15, 0.2) is 6.07 Å². The maximum atomic E-state index is 11.0. The van der Waals surface area contributed by atoms with E-state index in [4.69, 9.17) is 5.73 Å². The van der Waals surface area contributed by atoms with Gasteiger partial charge in [-0.1, -0.05) is 26.7 Å². The molecule has 1 rings (SSSR count). The van der Waals surface area contributed by atoms with Crippen molar-refractivity contribution < 1.29 is 9.90 Å². The van der Waals surface area contributed by atoms with Gasteiger partial charge in [0, 0.05) is 11.3 Å². The van der Waals surface area contributed by atoms with Crippen LogP contribution in [0.25, 0.3) is 0 Å². The van der Waals surface area contributed by atoms with Gasteiger partial charge in [-0.05, 0) is 37.3 Å². The number of anilines is 1. The van der Waals surface area contributed by atoms with Crippen LogP contribution in [0.2, 0.25) is 0 Å². The van der Waals surface area contributed by atoms with E-state index in [0.717, 1.165) is 49.7 Å². The first kappa shape index (κ1) is 14.6. The van der Waals surface area contributed by atoms with Crippen LogP contribution in [0.3, 0.4) is 0 Å². The predicted octanol–water partition coefficient (Wildman–Crippen LogP) is 3.47. The highest BCUT2D eigenvalue weighted by atomic mass is 16.3. The van der Waals surface area contributed by atoms with Crippen molar-refractivity contribution in [3.8, 4) is 5.75 Å². The number of carbonyl (C=O) groups is 1. The summed E-state index contributed by atoms with van der Waals surface area (Å²) in [4.78, 5) is 11.0. The van der Waals surface area contributed by atoms with Crippen LogP contribution < -0.4 is 5.73 Å². The second-order valence-corrected chi connectivity index (χ2v) is 4.69. The van der Waals surface area contributed by atoms with Gasteiger partial charge in [0.05, 0.1) is 5.56 Å². The van der Waals surface area contributed by atoms with Gasteiger partial charge in [0.2, 0.25) is 0 Å². The highest BCUT2D eigenvalue weighted by molar-refractivity contribution is 5.83. The highest BCUT2D eigenvalue weighted by Gasteiger charge is 2.14. The van der Waals surface area contributed by atoms with E-state index in [1.807, 2.05) is 0 Å². The molecule has 1 aromatic rings. The third-order valence-electron chi connectivity index (χ3n) is 3.27. The Morgan fingerprint density at radius 3 is 2.39 bits per heavy atom. The Balaban J connectivity index is 3.15. The average Bonchev–Trinajstić information content (AvgIpc) is 2.38. The first-order valence-corrected chi connectivity index (χ1v) is 6.74. The summed E-state index contributed by atoms with van der Waals surface area (Å²) in [6, 6.07) is 1.72. The van der Waals surface area contributed by atoms with Crippen LogP contribution in [-0.4, -0.2) is 11.4 Å². The normalized spacial score (nSPS) is 10.6. The van der Waals surface area contributed by atoms with Gasteiger partial charge in [-0.25, -0.2) is 0 Å². The number of nitrogens with two attached hydrogens (primary N) is 1. The number of hydrogen-bond acceptors (Lipinski definition) is 3. The first-order valence-electron chi connectivity index (χ1n) is 6.74. The van der Waals surface area contributed by atoms with Gasteiger partial charge in [0.25, 0.3) is 0 Å². The number of nitrogen functional groups attached to an aromatic ring is 1. The third kappa shape index (κ3) is 3.25. The fourth-order valence-corrected chi connectivity index (χ4v) is 2.10. The Bertz CT molecular complexity index is 413. The molecule has 18 heavy (non-hydrogen) atoms. The summed E-state index contributed by atoms with van der Waals surface area (Å²) < 4.78 is 0. The van der Waals surface area contributed by atoms with E-state index in [1.54, 1.807) is 6.07 Å². The lowest BCUT2D eigenvalue weighted by molar-refractivity contribution is 0.112. The number of phenols is 1. The summed E-state index contributed by atoms with van der Waals surface area (Å²) in [6.07, 6.45) is 6.43. The molecular weight excluding hydrogens is 226 g/mol. The van der Waals surface area contributed by atoms with Crippen molar-refractivity contribution in [1.29, 1.82) is 0 Å². The summed E-state index contributed by atoms with van der Waals surface area (Å²) in [5.41, 5.74) is 8.87. The fourth-order valence-electron chi connectivity index (χ4n) is 2.10. The molecule has 0 unspecified atom stereocenters. The van der Waals surface area contributed by atoms with Crippen molar-refractivity contribution >= 4 is 12.0 Å². The van der Waals surface area contributed by atoms with E-state index in [9.17, 15) is 9.90 Å². The number of unbranched alkanes of at least 4 members (excludes halogenated alkanes) is 2. The molecule has 0 fully saturated rings. The molecule has 0 amide bonds. The molecule has 3 N–H and O–H groups in total. The van der Waals surface area contributed by atoms with Gasteiger partial charge < -0.3 is 10.8 Å². The summed E-state index contributed by atoms with van der Waals surface area (Å²) >= 11 is 0. The molecule has 0 saturated heterocycles. The minimum atomic E-state index is 0.0659. The predicted molar refractivity (Wildman–Crippen MR) is 75.1 cm³/mol. The molecule has 0 atom stereocenters. The van der Waals surface area contributed by atoms with E-state index in [2.05, 4.69) is 13.8 Å². The van der Waals surface area contributed by atoms with Crippen molar-refractivity contribution in [2.75, 3.05) is 5.73 Å². The van der Waals surface area contributed by atoms with Crippen molar-refractivity contribution in [3.63, 3.8) is 0 Å². The molecule has 0 aliphatic heterocycles. The van der Waals surface area contributed by atoms with Crippen molar-refractivity contribution in [2.24, 2.45) is 0 Å². The minimum Gasteiger partial charge on any atom is -0.507 e. The monoisotopic (exact) mass is 249 g/mol. The summed E-state index contributed by atoms with van der Waals surface area (Å²) in [5.74, 6) is 0.0659. The van der Waals surface area contributed by atoms with Gasteiger partial charge in [0.1, 0.15) is 5.75 Å². The van der Waals surface area contributed by atoms with Crippen LogP contribution in [0.5, 0.6) is 5.75 Å². The molecular formula is C15H23NO2. The largest absolute Gasteiger partial charge is 0.507 e. The fraction of sp³-hybridized carbons (Fsp3) is 0.533. The number of benzene rings is 1. The Morgan fingerprint density at radius 1 is 1.22 bits per heavy atom. The number of aryl methyl sites for hydroxylation is 1. The van der Waals surface area contributed by atoms with Crippen LogP contribution in [0.1, 0.15) is 61.0 Å². The van der Waals surface area contributed by atoms with E-state index < -0.39 is 0 Å². The molecule has 0 saturated carbocycles. The lowest BCUT2D eigenvalue weighted by Crippen LogP contribution is -2.03. The number of hydrogen-bond donors (Lipinski definition) is 2. The maximum absolute atomic E-state index is 11.0. The lowest BCUT2D eigenvalue weighted by atomic mass is 9.95. The summed E-state index contributed by atoms with van der Waals surface area (Å²) in [5, 5.41) is 10.0. The number of carbonyl (C=O) groups excluding carboxylic acids is 1. The van der Waals surface area contributed by atoms with E-state index in [1.165, 1.54) is 0 Å². The highest BCUT2D eigenvalue weighted by Crippen LogP contribution is 2.32. The van der Waals surface area contributed by atoms with E-state index >= 15 is 0 Å². The van der Waals surface area contributed by atoms with E-state index in [-0.39, 0.29) is 5.75 Å².